The molecule has 1 unspecified atom stereocenters. The number of carbonyl (C=O) groups is 1. The topological polar surface area (TPSA) is 32.8 Å². The van der Waals surface area contributed by atoms with Gasteiger partial charge in [0.25, 0.3) is 0 Å². The highest BCUT2D eigenvalue weighted by Crippen LogP contribution is 2.09. The van der Waals surface area contributed by atoms with E-state index in [0.29, 0.717) is 12.6 Å². The van der Waals surface area contributed by atoms with Crippen molar-refractivity contribution in [3.63, 3.8) is 0 Å². The predicted molar refractivity (Wildman–Crippen MR) is 50.0 cm³/mol. The van der Waals surface area contributed by atoms with E-state index in [1.807, 2.05) is 4.90 Å². The lowest BCUT2D eigenvalue weighted by Gasteiger charge is -2.36. The van der Waals surface area contributed by atoms with Crippen molar-refractivity contribution in [3.8, 4) is 0 Å². The molecule has 1 aliphatic heterocycles. The molecule has 1 saturated heterocycles. The molecular formula is C9H18N2O2. The number of hydrogen-bond acceptors (Lipinski definition) is 3. The first-order chi connectivity index (χ1) is 6.19. The Labute approximate surface area is 79.4 Å². The molecule has 1 fully saturated rings. The quantitative estimate of drug-likeness (QED) is 0.643. The first kappa shape index (κ1) is 10.5. The molecule has 0 radical (unpaired) electrons. The fourth-order valence-electron chi connectivity index (χ4n) is 1.51. The zero-order valence-corrected chi connectivity index (χ0v) is 8.62. The van der Waals surface area contributed by atoms with Gasteiger partial charge >= 0.3 is 0 Å². The van der Waals surface area contributed by atoms with Gasteiger partial charge in [-0.05, 0) is 13.3 Å². The van der Waals surface area contributed by atoms with Gasteiger partial charge in [-0.1, -0.05) is 6.92 Å². The normalized spacial score (nSPS) is 22.1. The van der Waals surface area contributed by atoms with E-state index < -0.39 is 0 Å². The van der Waals surface area contributed by atoms with E-state index in [2.05, 4.69) is 13.8 Å². The standard InChI is InChI=1S/C9H18N2O2/c1-4-8(2)11-6-5-10(13-3)7-9(11)12/h8H,4-7H2,1-3H3. The minimum atomic E-state index is 0.169. The minimum absolute atomic E-state index is 0.169. The van der Waals surface area contributed by atoms with Crippen LogP contribution in [0.5, 0.6) is 0 Å². The monoisotopic (exact) mass is 186 g/mol. The van der Waals surface area contributed by atoms with Gasteiger partial charge < -0.3 is 9.74 Å². The highest BCUT2D eigenvalue weighted by atomic mass is 16.7. The Kier molecular flexibility index (Phi) is 3.69. The molecule has 1 rings (SSSR count). The molecule has 0 bridgehead atoms. The summed E-state index contributed by atoms with van der Waals surface area (Å²) in [6.45, 7) is 6.16. The molecule has 1 aliphatic rings. The van der Waals surface area contributed by atoms with E-state index in [0.717, 1.165) is 19.5 Å². The molecule has 4 nitrogen and oxygen atoms in total. The van der Waals surface area contributed by atoms with Crippen LogP contribution in [0.3, 0.4) is 0 Å². The van der Waals surface area contributed by atoms with E-state index in [9.17, 15) is 4.79 Å². The molecule has 76 valence electrons. The van der Waals surface area contributed by atoms with Crippen LogP contribution in [0.15, 0.2) is 0 Å². The van der Waals surface area contributed by atoms with Crippen molar-refractivity contribution in [2.75, 3.05) is 26.7 Å². The van der Waals surface area contributed by atoms with Gasteiger partial charge in [0.15, 0.2) is 0 Å². The van der Waals surface area contributed by atoms with Crippen LogP contribution in [0.4, 0.5) is 0 Å². The first-order valence-electron chi connectivity index (χ1n) is 4.77. The molecule has 1 amide bonds. The lowest BCUT2D eigenvalue weighted by Crippen LogP contribution is -2.52. The molecular weight excluding hydrogens is 168 g/mol. The van der Waals surface area contributed by atoms with Crippen molar-refractivity contribution in [2.24, 2.45) is 0 Å². The average Bonchev–Trinajstić information content (AvgIpc) is 2.16. The van der Waals surface area contributed by atoms with Crippen LogP contribution in [0.25, 0.3) is 0 Å². The van der Waals surface area contributed by atoms with Crippen LogP contribution >= 0.6 is 0 Å². The first-order valence-corrected chi connectivity index (χ1v) is 4.77. The minimum Gasteiger partial charge on any atom is -0.337 e. The van der Waals surface area contributed by atoms with Gasteiger partial charge in [-0.2, -0.15) is 5.06 Å². The predicted octanol–water partition coefficient (Wildman–Crippen LogP) is 0.490. The highest BCUT2D eigenvalue weighted by molar-refractivity contribution is 5.79. The van der Waals surface area contributed by atoms with Crippen molar-refractivity contribution in [1.29, 1.82) is 0 Å². The summed E-state index contributed by atoms with van der Waals surface area (Å²) in [5.41, 5.74) is 0. The van der Waals surface area contributed by atoms with Crippen LogP contribution in [-0.2, 0) is 9.63 Å². The second-order valence-electron chi connectivity index (χ2n) is 3.39. The molecule has 1 atom stereocenters. The molecule has 0 aliphatic carbocycles. The molecule has 0 aromatic carbocycles. The highest BCUT2D eigenvalue weighted by Gasteiger charge is 2.26. The Balaban J connectivity index is 2.48. The van der Waals surface area contributed by atoms with Crippen molar-refractivity contribution < 1.29 is 9.63 Å². The third-order valence-electron chi connectivity index (χ3n) is 2.60. The molecule has 0 aromatic heterocycles. The number of hydrogen-bond donors (Lipinski definition) is 0. The van der Waals surface area contributed by atoms with Crippen molar-refractivity contribution in [2.45, 2.75) is 26.3 Å². The maximum absolute atomic E-state index is 11.6. The fraction of sp³-hybridized carbons (Fsp3) is 0.889. The van der Waals surface area contributed by atoms with E-state index in [4.69, 9.17) is 4.84 Å². The number of piperazine rings is 1. The van der Waals surface area contributed by atoms with Gasteiger partial charge in [0.05, 0.1) is 7.11 Å². The Hall–Kier alpha value is -0.610. The van der Waals surface area contributed by atoms with E-state index in [1.54, 1.807) is 12.2 Å². The second kappa shape index (κ2) is 4.58. The summed E-state index contributed by atoms with van der Waals surface area (Å²) in [4.78, 5) is 18.5. The lowest BCUT2D eigenvalue weighted by atomic mass is 10.2. The van der Waals surface area contributed by atoms with Crippen LogP contribution in [-0.4, -0.2) is 48.7 Å². The van der Waals surface area contributed by atoms with Gasteiger partial charge in [-0.25, -0.2) is 0 Å². The van der Waals surface area contributed by atoms with Crippen molar-refractivity contribution >= 4 is 5.91 Å². The van der Waals surface area contributed by atoms with Crippen LogP contribution in [0, 0.1) is 0 Å². The smallest absolute Gasteiger partial charge is 0.239 e. The number of nitrogens with zero attached hydrogens (tertiary/aromatic N) is 2. The summed E-state index contributed by atoms with van der Waals surface area (Å²) in [5.74, 6) is 0.169. The number of hydroxylamine groups is 2. The summed E-state index contributed by atoms with van der Waals surface area (Å²) in [5, 5.41) is 1.70. The third-order valence-corrected chi connectivity index (χ3v) is 2.60. The van der Waals surface area contributed by atoms with E-state index in [1.165, 1.54) is 0 Å². The second-order valence-corrected chi connectivity index (χ2v) is 3.39. The summed E-state index contributed by atoms with van der Waals surface area (Å²) in [6, 6.07) is 0.353. The summed E-state index contributed by atoms with van der Waals surface area (Å²) in [7, 11) is 1.60. The zero-order valence-electron chi connectivity index (χ0n) is 8.62. The molecule has 0 spiro atoms. The molecule has 4 heteroatoms. The van der Waals surface area contributed by atoms with E-state index >= 15 is 0 Å². The van der Waals surface area contributed by atoms with Gasteiger partial charge in [0.2, 0.25) is 5.91 Å². The van der Waals surface area contributed by atoms with Crippen LogP contribution in [0.1, 0.15) is 20.3 Å². The van der Waals surface area contributed by atoms with Crippen LogP contribution in [0.2, 0.25) is 0 Å². The molecule has 13 heavy (non-hydrogen) atoms. The Morgan fingerprint density at radius 3 is 2.69 bits per heavy atom. The largest absolute Gasteiger partial charge is 0.337 e. The van der Waals surface area contributed by atoms with Crippen molar-refractivity contribution in [3.05, 3.63) is 0 Å². The lowest BCUT2D eigenvalue weighted by molar-refractivity contribution is -0.175. The van der Waals surface area contributed by atoms with Crippen LogP contribution < -0.4 is 0 Å². The Morgan fingerprint density at radius 2 is 2.23 bits per heavy atom. The average molecular weight is 186 g/mol. The Morgan fingerprint density at radius 1 is 1.54 bits per heavy atom. The molecule has 0 saturated carbocycles. The number of rotatable bonds is 3. The van der Waals surface area contributed by atoms with Gasteiger partial charge in [-0.15, -0.1) is 0 Å². The number of amides is 1. The Bertz CT molecular complexity index is 184. The molecule has 0 aromatic rings. The van der Waals surface area contributed by atoms with Gasteiger partial charge in [-0.3, -0.25) is 4.79 Å². The number of carbonyl (C=O) groups excluding carboxylic acids is 1. The fourth-order valence-corrected chi connectivity index (χ4v) is 1.51. The van der Waals surface area contributed by atoms with Crippen molar-refractivity contribution in [1.82, 2.24) is 9.96 Å². The molecule has 1 heterocycles. The zero-order chi connectivity index (χ0) is 9.84. The van der Waals surface area contributed by atoms with E-state index in [-0.39, 0.29) is 5.91 Å². The summed E-state index contributed by atoms with van der Waals surface area (Å²) >= 11 is 0. The van der Waals surface area contributed by atoms with Gasteiger partial charge in [0.1, 0.15) is 6.54 Å². The third kappa shape index (κ3) is 2.42. The maximum Gasteiger partial charge on any atom is 0.239 e. The van der Waals surface area contributed by atoms with Gasteiger partial charge in [0, 0.05) is 19.1 Å². The summed E-state index contributed by atoms with van der Waals surface area (Å²) in [6.07, 6.45) is 1.01. The SMILES string of the molecule is CCC(C)N1CCN(OC)CC1=O. The molecule has 0 N–H and O–H groups in total. The summed E-state index contributed by atoms with van der Waals surface area (Å²) < 4.78 is 0. The maximum atomic E-state index is 11.6.